The summed E-state index contributed by atoms with van der Waals surface area (Å²) in [4.78, 5) is 14.1. The van der Waals surface area contributed by atoms with Crippen LogP contribution in [-0.2, 0) is 12.8 Å². The first-order valence-electron chi connectivity index (χ1n) is 8.13. The third-order valence-corrected chi connectivity index (χ3v) is 4.09. The molecule has 1 aliphatic rings. The third-order valence-electron chi connectivity index (χ3n) is 4.09. The Morgan fingerprint density at radius 1 is 1.22 bits per heavy atom. The molecule has 0 unspecified atom stereocenters. The van der Waals surface area contributed by atoms with E-state index >= 15 is 0 Å². The lowest BCUT2D eigenvalue weighted by molar-refractivity contribution is 0.242. The van der Waals surface area contributed by atoms with Crippen LogP contribution in [0.1, 0.15) is 18.1 Å². The average molecular weight is 310 g/mol. The third kappa shape index (κ3) is 3.65. The first-order valence-corrected chi connectivity index (χ1v) is 8.13. The summed E-state index contributed by atoms with van der Waals surface area (Å²) in [7, 11) is 0. The summed E-state index contributed by atoms with van der Waals surface area (Å²) in [5.41, 5.74) is 3.50. The van der Waals surface area contributed by atoms with Crippen molar-refractivity contribution in [1.82, 2.24) is 5.32 Å². The zero-order valence-electron chi connectivity index (χ0n) is 13.4. The van der Waals surface area contributed by atoms with Crippen molar-refractivity contribution in [3.05, 3.63) is 59.7 Å². The maximum absolute atomic E-state index is 12.3. The number of carbonyl (C=O) groups is 1. The molecule has 23 heavy (non-hydrogen) atoms. The number of nitrogens with one attached hydrogen (secondary N) is 1. The van der Waals surface area contributed by atoms with E-state index in [9.17, 15) is 4.79 Å². The van der Waals surface area contributed by atoms with Crippen LogP contribution in [0.2, 0.25) is 0 Å². The molecule has 0 atom stereocenters. The molecule has 4 nitrogen and oxygen atoms in total. The number of anilines is 1. The second-order valence-electron chi connectivity index (χ2n) is 5.61. The zero-order chi connectivity index (χ0) is 16.1. The van der Waals surface area contributed by atoms with E-state index in [0.29, 0.717) is 13.2 Å². The molecule has 0 fully saturated rings. The fraction of sp³-hybridized carbons (Fsp3) is 0.316. The van der Waals surface area contributed by atoms with Crippen molar-refractivity contribution in [3.63, 3.8) is 0 Å². The highest BCUT2D eigenvalue weighted by Gasteiger charge is 2.23. The molecule has 2 aromatic rings. The first-order chi connectivity index (χ1) is 11.3. The van der Waals surface area contributed by atoms with Gasteiger partial charge in [-0.05, 0) is 42.2 Å². The summed E-state index contributed by atoms with van der Waals surface area (Å²) in [5, 5.41) is 2.93. The van der Waals surface area contributed by atoms with Crippen LogP contribution in [0.4, 0.5) is 10.5 Å². The smallest absolute Gasteiger partial charge is 0.322 e. The molecule has 0 spiro atoms. The van der Waals surface area contributed by atoms with Gasteiger partial charge >= 0.3 is 6.03 Å². The van der Waals surface area contributed by atoms with Crippen molar-refractivity contribution in [2.24, 2.45) is 0 Å². The molecule has 1 heterocycles. The van der Waals surface area contributed by atoms with Gasteiger partial charge in [0.25, 0.3) is 0 Å². The van der Waals surface area contributed by atoms with Crippen LogP contribution in [0.15, 0.2) is 48.5 Å². The van der Waals surface area contributed by atoms with Gasteiger partial charge in [0.15, 0.2) is 0 Å². The summed E-state index contributed by atoms with van der Waals surface area (Å²) in [6, 6.07) is 16.1. The van der Waals surface area contributed by atoms with E-state index in [0.717, 1.165) is 30.8 Å². The van der Waals surface area contributed by atoms with Crippen molar-refractivity contribution in [2.75, 3.05) is 24.6 Å². The van der Waals surface area contributed by atoms with Gasteiger partial charge in [-0.1, -0.05) is 37.3 Å². The Morgan fingerprint density at radius 2 is 2.09 bits per heavy atom. The van der Waals surface area contributed by atoms with Crippen LogP contribution in [0.3, 0.4) is 0 Å². The number of fused-ring (bicyclic) bond motifs is 1. The highest BCUT2D eigenvalue weighted by Crippen LogP contribution is 2.27. The molecule has 4 heteroatoms. The van der Waals surface area contributed by atoms with E-state index < -0.39 is 0 Å². The summed E-state index contributed by atoms with van der Waals surface area (Å²) < 4.78 is 5.70. The van der Waals surface area contributed by atoms with Gasteiger partial charge in [0, 0.05) is 12.2 Å². The van der Waals surface area contributed by atoms with Crippen LogP contribution < -0.4 is 15.0 Å². The maximum Gasteiger partial charge on any atom is 0.322 e. The lowest BCUT2D eigenvalue weighted by Gasteiger charge is -2.18. The van der Waals surface area contributed by atoms with Crippen LogP contribution >= 0.6 is 0 Å². The first kappa shape index (κ1) is 15.4. The number of ether oxygens (including phenoxy) is 1. The Kier molecular flexibility index (Phi) is 4.81. The molecule has 120 valence electrons. The van der Waals surface area contributed by atoms with Crippen LogP contribution in [0, 0.1) is 0 Å². The molecule has 0 aromatic heterocycles. The second-order valence-corrected chi connectivity index (χ2v) is 5.61. The number of hydrogen-bond acceptors (Lipinski definition) is 2. The molecule has 0 saturated heterocycles. The fourth-order valence-electron chi connectivity index (χ4n) is 2.83. The number of benzene rings is 2. The molecular formula is C19H22N2O2. The molecule has 0 saturated carbocycles. The number of urea groups is 1. The number of hydrogen-bond donors (Lipinski definition) is 1. The molecule has 2 amide bonds. The Labute approximate surface area is 137 Å². The predicted molar refractivity (Wildman–Crippen MR) is 92.2 cm³/mol. The lowest BCUT2D eigenvalue weighted by atomic mass is 10.2. The van der Waals surface area contributed by atoms with Gasteiger partial charge in [0.05, 0.1) is 6.54 Å². The van der Waals surface area contributed by atoms with E-state index in [2.05, 4.69) is 24.4 Å². The zero-order valence-corrected chi connectivity index (χ0v) is 13.4. The van der Waals surface area contributed by atoms with Gasteiger partial charge in [0.1, 0.15) is 12.4 Å². The van der Waals surface area contributed by atoms with Gasteiger partial charge < -0.3 is 10.1 Å². The summed E-state index contributed by atoms with van der Waals surface area (Å²) in [5.74, 6) is 0.852. The normalized spacial score (nSPS) is 12.8. The van der Waals surface area contributed by atoms with E-state index in [1.807, 2.05) is 36.4 Å². The summed E-state index contributed by atoms with van der Waals surface area (Å²) in [6.07, 6.45) is 1.91. The Bertz CT molecular complexity index is 685. The fourth-order valence-corrected chi connectivity index (χ4v) is 2.83. The van der Waals surface area contributed by atoms with Crippen LogP contribution in [0.5, 0.6) is 5.75 Å². The van der Waals surface area contributed by atoms with Crippen molar-refractivity contribution < 1.29 is 9.53 Å². The molecule has 1 N–H and O–H groups in total. The Hall–Kier alpha value is -2.49. The van der Waals surface area contributed by atoms with Gasteiger partial charge in [0.2, 0.25) is 0 Å². The molecular weight excluding hydrogens is 288 g/mol. The monoisotopic (exact) mass is 310 g/mol. The van der Waals surface area contributed by atoms with E-state index in [4.69, 9.17) is 4.74 Å². The number of amides is 2. The molecule has 0 bridgehead atoms. The Morgan fingerprint density at radius 3 is 2.96 bits per heavy atom. The molecule has 0 aliphatic carbocycles. The average Bonchev–Trinajstić information content (AvgIpc) is 3.03. The highest BCUT2D eigenvalue weighted by molar-refractivity contribution is 5.94. The van der Waals surface area contributed by atoms with Crippen LogP contribution in [-0.4, -0.2) is 25.7 Å². The predicted octanol–water partition coefficient (Wildman–Crippen LogP) is 3.40. The van der Waals surface area contributed by atoms with E-state index in [1.165, 1.54) is 11.1 Å². The van der Waals surface area contributed by atoms with Gasteiger partial charge in [-0.25, -0.2) is 4.79 Å². The minimum absolute atomic E-state index is 0.0548. The van der Waals surface area contributed by atoms with Gasteiger partial charge in [-0.3, -0.25) is 4.90 Å². The van der Waals surface area contributed by atoms with Gasteiger partial charge in [-0.15, -0.1) is 0 Å². The van der Waals surface area contributed by atoms with E-state index in [-0.39, 0.29) is 6.03 Å². The van der Waals surface area contributed by atoms with Crippen molar-refractivity contribution in [1.29, 1.82) is 0 Å². The largest absolute Gasteiger partial charge is 0.492 e. The quantitative estimate of drug-likeness (QED) is 0.860. The van der Waals surface area contributed by atoms with E-state index in [1.54, 1.807) is 4.90 Å². The minimum Gasteiger partial charge on any atom is -0.492 e. The molecule has 1 aliphatic heterocycles. The second kappa shape index (κ2) is 7.18. The Balaban J connectivity index is 1.47. The number of aryl methyl sites for hydroxylation is 1. The summed E-state index contributed by atoms with van der Waals surface area (Å²) in [6.45, 7) is 3.82. The van der Waals surface area contributed by atoms with Crippen molar-refractivity contribution >= 4 is 11.7 Å². The topological polar surface area (TPSA) is 41.6 Å². The molecule has 0 radical (unpaired) electrons. The maximum atomic E-state index is 12.3. The number of carbonyl (C=O) groups excluding carboxylic acids is 1. The lowest BCUT2D eigenvalue weighted by Crippen LogP contribution is -2.40. The number of para-hydroxylation sites is 1. The molecule has 2 aromatic carbocycles. The summed E-state index contributed by atoms with van der Waals surface area (Å²) >= 11 is 0. The standard InChI is InChI=1S/C19H22N2O2/c1-2-15-6-5-8-17(14-15)23-13-11-20-19(22)21-12-10-16-7-3-4-9-18(16)21/h3-9,14H,2,10-13H2,1H3,(H,20,22). The van der Waals surface area contributed by atoms with Crippen molar-refractivity contribution in [3.8, 4) is 5.75 Å². The van der Waals surface area contributed by atoms with Gasteiger partial charge in [-0.2, -0.15) is 0 Å². The van der Waals surface area contributed by atoms with Crippen molar-refractivity contribution in [2.45, 2.75) is 19.8 Å². The van der Waals surface area contributed by atoms with Crippen LogP contribution in [0.25, 0.3) is 0 Å². The number of rotatable bonds is 5. The highest BCUT2D eigenvalue weighted by atomic mass is 16.5. The number of nitrogens with zero attached hydrogens (tertiary/aromatic N) is 1. The SMILES string of the molecule is CCc1cccc(OCCNC(=O)N2CCc3ccccc32)c1. The molecule has 3 rings (SSSR count). The minimum atomic E-state index is -0.0548.